The van der Waals surface area contributed by atoms with Crippen molar-refractivity contribution in [3.8, 4) is 16.9 Å². The van der Waals surface area contributed by atoms with E-state index in [1.54, 1.807) is 23.0 Å². The Labute approximate surface area is 175 Å². The van der Waals surface area contributed by atoms with Crippen molar-refractivity contribution in [3.63, 3.8) is 0 Å². The second-order valence-corrected chi connectivity index (χ2v) is 7.26. The van der Waals surface area contributed by atoms with Crippen LogP contribution in [0.5, 0.6) is 5.75 Å². The Hall–Kier alpha value is -3.73. The minimum absolute atomic E-state index is 0.182. The van der Waals surface area contributed by atoms with Crippen molar-refractivity contribution in [3.05, 3.63) is 90.2 Å². The molecule has 0 aliphatic rings. The highest BCUT2D eigenvalue weighted by Gasteiger charge is 2.10. The summed E-state index contributed by atoms with van der Waals surface area (Å²) in [7, 11) is 0. The van der Waals surface area contributed by atoms with E-state index in [9.17, 15) is 0 Å². The second kappa shape index (κ2) is 8.33. The van der Waals surface area contributed by atoms with Gasteiger partial charge in [-0.25, -0.2) is 0 Å². The second-order valence-electron chi connectivity index (χ2n) is 7.26. The average molecular weight is 396 g/mol. The molecule has 30 heavy (non-hydrogen) atoms. The van der Waals surface area contributed by atoms with Crippen LogP contribution in [-0.2, 0) is 0 Å². The lowest BCUT2D eigenvalue weighted by molar-refractivity contribution is 0.217. The van der Waals surface area contributed by atoms with E-state index < -0.39 is 0 Å². The lowest BCUT2D eigenvalue weighted by atomic mass is 10.1. The van der Waals surface area contributed by atoms with Crippen molar-refractivity contribution in [1.29, 1.82) is 10.8 Å². The lowest BCUT2D eigenvalue weighted by Crippen LogP contribution is -2.26. The summed E-state index contributed by atoms with van der Waals surface area (Å²) >= 11 is 0. The highest BCUT2D eigenvalue weighted by Crippen LogP contribution is 2.23. The lowest BCUT2D eigenvalue weighted by Gasteiger charge is -2.14. The maximum atomic E-state index is 8.68. The summed E-state index contributed by atoms with van der Waals surface area (Å²) in [5.41, 5.74) is 3.77. The Balaban J connectivity index is 1.63. The predicted octanol–water partition coefficient (Wildman–Crippen LogP) is 5.23. The molecule has 0 spiro atoms. The Kier molecular flexibility index (Phi) is 5.44. The van der Waals surface area contributed by atoms with Crippen molar-refractivity contribution in [1.82, 2.24) is 9.55 Å². The van der Waals surface area contributed by atoms with E-state index in [0.29, 0.717) is 0 Å². The summed E-state index contributed by atoms with van der Waals surface area (Å²) < 4.78 is 7.41. The SMILES string of the molecule is CCC(C)Oc1ccc(-c2ccn(C(=N)c3ccnc4ccccc34)c(=N)c2)cc1. The molecular formula is C25H24N4O. The maximum absolute atomic E-state index is 8.68. The van der Waals surface area contributed by atoms with Gasteiger partial charge >= 0.3 is 0 Å². The molecule has 0 radical (unpaired) electrons. The van der Waals surface area contributed by atoms with Gasteiger partial charge in [0.1, 0.15) is 17.1 Å². The number of ether oxygens (including phenoxy) is 1. The molecule has 1 unspecified atom stereocenters. The fourth-order valence-corrected chi connectivity index (χ4v) is 3.35. The van der Waals surface area contributed by atoms with E-state index >= 15 is 0 Å². The van der Waals surface area contributed by atoms with Crippen molar-refractivity contribution in [2.45, 2.75) is 26.4 Å². The topological polar surface area (TPSA) is 74.8 Å². The largest absolute Gasteiger partial charge is 0.491 e. The molecule has 0 amide bonds. The fraction of sp³-hybridized carbons (Fsp3) is 0.160. The molecule has 150 valence electrons. The summed E-state index contributed by atoms with van der Waals surface area (Å²) in [6.07, 6.45) is 4.62. The molecule has 5 nitrogen and oxygen atoms in total. The number of nitrogens with zero attached hydrogens (tertiary/aromatic N) is 2. The van der Waals surface area contributed by atoms with Gasteiger partial charge in [0.05, 0.1) is 11.6 Å². The van der Waals surface area contributed by atoms with Crippen LogP contribution in [0.2, 0.25) is 0 Å². The minimum atomic E-state index is 0.182. The average Bonchev–Trinajstić information content (AvgIpc) is 2.78. The summed E-state index contributed by atoms with van der Waals surface area (Å²) in [5.74, 6) is 1.10. The van der Waals surface area contributed by atoms with Crippen LogP contribution in [0.4, 0.5) is 0 Å². The number of aromatic nitrogens is 2. The van der Waals surface area contributed by atoms with Gasteiger partial charge in [0, 0.05) is 23.3 Å². The molecule has 2 N–H and O–H groups in total. The maximum Gasteiger partial charge on any atom is 0.138 e. The molecule has 0 fully saturated rings. The normalized spacial score (nSPS) is 11.9. The standard InChI is InChI=1S/C25H24N4O/c1-3-17(2)30-20-10-8-18(9-11-20)19-13-15-29(24(26)16-19)25(27)22-12-14-28-23-7-5-4-6-21(22)23/h4-17,26-27H,3H2,1-2H3. The third-order valence-electron chi connectivity index (χ3n) is 5.20. The predicted molar refractivity (Wildman–Crippen MR) is 120 cm³/mol. The molecule has 0 saturated carbocycles. The third-order valence-corrected chi connectivity index (χ3v) is 5.20. The Morgan fingerprint density at radius 2 is 1.80 bits per heavy atom. The fourth-order valence-electron chi connectivity index (χ4n) is 3.35. The molecule has 2 aromatic carbocycles. The molecule has 5 heteroatoms. The molecule has 2 aromatic heterocycles. The van der Waals surface area contributed by atoms with Crippen LogP contribution in [-0.4, -0.2) is 21.5 Å². The van der Waals surface area contributed by atoms with Crippen LogP contribution in [0.3, 0.4) is 0 Å². The number of nitrogens with one attached hydrogen (secondary N) is 2. The smallest absolute Gasteiger partial charge is 0.138 e. The van der Waals surface area contributed by atoms with Gasteiger partial charge in [-0.15, -0.1) is 0 Å². The Morgan fingerprint density at radius 3 is 2.53 bits per heavy atom. The van der Waals surface area contributed by atoms with Gasteiger partial charge in [0.2, 0.25) is 0 Å². The third kappa shape index (κ3) is 3.87. The zero-order valence-electron chi connectivity index (χ0n) is 17.1. The van der Waals surface area contributed by atoms with Crippen molar-refractivity contribution in [2.75, 3.05) is 0 Å². The molecule has 0 aliphatic carbocycles. The molecule has 0 aliphatic heterocycles. The van der Waals surface area contributed by atoms with Gasteiger partial charge in [-0.3, -0.25) is 20.4 Å². The number of rotatable bonds is 5. The first kappa shape index (κ1) is 19.6. The van der Waals surface area contributed by atoms with Crippen LogP contribution in [0, 0.1) is 10.8 Å². The van der Waals surface area contributed by atoms with Crippen LogP contribution < -0.4 is 10.2 Å². The molecule has 2 heterocycles. The van der Waals surface area contributed by atoms with Gasteiger partial charge in [0.25, 0.3) is 0 Å². The molecule has 4 aromatic rings. The molecule has 1 atom stereocenters. The van der Waals surface area contributed by atoms with E-state index in [4.69, 9.17) is 15.6 Å². The van der Waals surface area contributed by atoms with E-state index in [0.717, 1.165) is 39.8 Å². The van der Waals surface area contributed by atoms with Gasteiger partial charge in [-0.05, 0) is 60.9 Å². The van der Waals surface area contributed by atoms with Crippen molar-refractivity contribution >= 4 is 16.7 Å². The molecule has 0 saturated heterocycles. The van der Waals surface area contributed by atoms with E-state index in [1.807, 2.05) is 60.7 Å². The summed E-state index contributed by atoms with van der Waals surface area (Å²) in [6.45, 7) is 4.15. The zero-order valence-corrected chi connectivity index (χ0v) is 17.1. The minimum Gasteiger partial charge on any atom is -0.491 e. The van der Waals surface area contributed by atoms with Gasteiger partial charge < -0.3 is 4.74 Å². The Bertz CT molecular complexity index is 1250. The van der Waals surface area contributed by atoms with Crippen molar-refractivity contribution < 1.29 is 4.74 Å². The summed E-state index contributed by atoms with van der Waals surface area (Å²) in [6, 6.07) is 21.2. The number of fused-ring (bicyclic) bond motifs is 1. The summed E-state index contributed by atoms with van der Waals surface area (Å²) in [5, 5.41) is 18.1. The van der Waals surface area contributed by atoms with E-state index in [2.05, 4.69) is 18.8 Å². The highest BCUT2D eigenvalue weighted by atomic mass is 16.5. The van der Waals surface area contributed by atoms with Gasteiger partial charge in [0.15, 0.2) is 0 Å². The van der Waals surface area contributed by atoms with Crippen LogP contribution in [0.1, 0.15) is 25.8 Å². The van der Waals surface area contributed by atoms with Crippen LogP contribution >= 0.6 is 0 Å². The highest BCUT2D eigenvalue weighted by molar-refractivity contribution is 6.08. The number of hydrogen-bond donors (Lipinski definition) is 2. The van der Waals surface area contributed by atoms with E-state index in [-0.39, 0.29) is 17.4 Å². The van der Waals surface area contributed by atoms with Crippen LogP contribution in [0.25, 0.3) is 22.0 Å². The number of pyridine rings is 2. The van der Waals surface area contributed by atoms with Crippen molar-refractivity contribution in [2.24, 2.45) is 0 Å². The quantitative estimate of drug-likeness (QED) is 0.358. The van der Waals surface area contributed by atoms with Crippen LogP contribution in [0.15, 0.2) is 79.1 Å². The number of para-hydroxylation sites is 1. The number of hydrogen-bond acceptors (Lipinski definition) is 4. The first-order valence-electron chi connectivity index (χ1n) is 10.0. The first-order valence-corrected chi connectivity index (χ1v) is 10.0. The van der Waals surface area contributed by atoms with Gasteiger partial charge in [-0.2, -0.15) is 0 Å². The van der Waals surface area contributed by atoms with E-state index in [1.165, 1.54) is 0 Å². The summed E-state index contributed by atoms with van der Waals surface area (Å²) in [4.78, 5) is 4.36. The monoisotopic (exact) mass is 396 g/mol. The molecule has 4 rings (SSSR count). The Morgan fingerprint density at radius 1 is 1.03 bits per heavy atom. The molecule has 0 bridgehead atoms. The number of benzene rings is 2. The zero-order chi connectivity index (χ0) is 21.1. The first-order chi connectivity index (χ1) is 14.6. The molecular weight excluding hydrogens is 372 g/mol. The van der Waals surface area contributed by atoms with Gasteiger partial charge in [-0.1, -0.05) is 37.3 Å².